The molecular formula is C8H7BFNO3. The monoisotopic (exact) mass is 195 g/mol. The smallest absolute Gasteiger partial charge is 0.491 e. The summed E-state index contributed by atoms with van der Waals surface area (Å²) in [5.41, 5.74) is -0.680. The summed E-state index contributed by atoms with van der Waals surface area (Å²) in [4.78, 5) is 0. The Kier molecular flexibility index (Phi) is 3.07. The highest BCUT2D eigenvalue weighted by Gasteiger charge is 2.21. The molecule has 6 heteroatoms. The SMILES string of the molecule is COc1ccc(B(O)O)c(F)c1C#N. The van der Waals surface area contributed by atoms with Crippen molar-refractivity contribution >= 4 is 12.6 Å². The van der Waals surface area contributed by atoms with E-state index in [0.717, 1.165) is 6.07 Å². The third kappa shape index (κ3) is 1.69. The van der Waals surface area contributed by atoms with E-state index < -0.39 is 12.9 Å². The average Bonchev–Trinajstić information content (AvgIpc) is 2.16. The van der Waals surface area contributed by atoms with Crippen LogP contribution in [0, 0.1) is 17.1 Å². The lowest BCUT2D eigenvalue weighted by atomic mass is 9.79. The Morgan fingerprint density at radius 3 is 2.57 bits per heavy atom. The van der Waals surface area contributed by atoms with E-state index in [1.807, 2.05) is 0 Å². The summed E-state index contributed by atoms with van der Waals surface area (Å²) in [5, 5.41) is 26.1. The fourth-order valence-corrected chi connectivity index (χ4v) is 1.05. The number of rotatable bonds is 2. The molecule has 0 aromatic heterocycles. The summed E-state index contributed by atoms with van der Waals surface area (Å²) in [6, 6.07) is 4.04. The number of nitriles is 1. The second-order valence-electron chi connectivity index (χ2n) is 2.53. The quantitative estimate of drug-likeness (QED) is 0.617. The Balaban J connectivity index is 3.37. The van der Waals surface area contributed by atoms with Gasteiger partial charge in [-0.05, 0) is 6.07 Å². The van der Waals surface area contributed by atoms with Crippen LogP contribution in [0.2, 0.25) is 0 Å². The largest absolute Gasteiger partial charge is 0.495 e. The molecule has 0 heterocycles. The van der Waals surface area contributed by atoms with Crippen LogP contribution in [0.3, 0.4) is 0 Å². The van der Waals surface area contributed by atoms with Gasteiger partial charge < -0.3 is 14.8 Å². The van der Waals surface area contributed by atoms with E-state index in [1.165, 1.54) is 13.2 Å². The molecule has 1 aromatic carbocycles. The molecule has 2 N–H and O–H groups in total. The Bertz CT molecular complexity index is 389. The van der Waals surface area contributed by atoms with Crippen molar-refractivity contribution in [2.75, 3.05) is 7.11 Å². The topological polar surface area (TPSA) is 73.5 Å². The van der Waals surface area contributed by atoms with Gasteiger partial charge in [-0.1, -0.05) is 6.07 Å². The molecule has 0 spiro atoms. The van der Waals surface area contributed by atoms with Crippen molar-refractivity contribution in [1.82, 2.24) is 0 Å². The first kappa shape index (κ1) is 10.5. The van der Waals surface area contributed by atoms with Crippen LogP contribution in [0.4, 0.5) is 4.39 Å². The number of nitrogens with zero attached hydrogens (tertiary/aromatic N) is 1. The summed E-state index contributed by atoms with van der Waals surface area (Å²) < 4.78 is 18.1. The predicted molar refractivity (Wildman–Crippen MR) is 47.5 cm³/mol. The van der Waals surface area contributed by atoms with Crippen LogP contribution in [0.1, 0.15) is 5.56 Å². The molecule has 0 fully saturated rings. The van der Waals surface area contributed by atoms with Gasteiger partial charge in [0, 0.05) is 5.46 Å². The average molecular weight is 195 g/mol. The van der Waals surface area contributed by atoms with Crippen molar-refractivity contribution in [3.63, 3.8) is 0 Å². The van der Waals surface area contributed by atoms with E-state index in [-0.39, 0.29) is 16.8 Å². The van der Waals surface area contributed by atoms with E-state index in [1.54, 1.807) is 6.07 Å². The second kappa shape index (κ2) is 4.09. The first-order valence-electron chi connectivity index (χ1n) is 3.74. The van der Waals surface area contributed by atoms with E-state index in [2.05, 4.69) is 0 Å². The number of ether oxygens (including phenoxy) is 1. The van der Waals surface area contributed by atoms with Gasteiger partial charge in [-0.15, -0.1) is 0 Å². The third-order valence-corrected chi connectivity index (χ3v) is 1.74. The maximum atomic E-state index is 13.3. The van der Waals surface area contributed by atoms with Crippen LogP contribution >= 0.6 is 0 Å². The third-order valence-electron chi connectivity index (χ3n) is 1.74. The van der Waals surface area contributed by atoms with Crippen LogP contribution in [-0.2, 0) is 0 Å². The molecule has 0 unspecified atom stereocenters. The molecular weight excluding hydrogens is 188 g/mol. The summed E-state index contributed by atoms with van der Waals surface area (Å²) in [6.45, 7) is 0. The number of hydrogen-bond acceptors (Lipinski definition) is 4. The van der Waals surface area contributed by atoms with Crippen molar-refractivity contribution in [1.29, 1.82) is 5.26 Å². The Labute approximate surface area is 80.3 Å². The highest BCUT2D eigenvalue weighted by Crippen LogP contribution is 2.18. The van der Waals surface area contributed by atoms with Crippen molar-refractivity contribution in [2.24, 2.45) is 0 Å². The molecule has 0 saturated heterocycles. The minimum Gasteiger partial charge on any atom is -0.495 e. The Hall–Kier alpha value is -1.58. The first-order chi connectivity index (χ1) is 6.61. The lowest BCUT2D eigenvalue weighted by Gasteiger charge is -2.06. The minimum atomic E-state index is -1.94. The molecule has 14 heavy (non-hydrogen) atoms. The number of halogens is 1. The number of methoxy groups -OCH3 is 1. The van der Waals surface area contributed by atoms with Gasteiger partial charge in [-0.2, -0.15) is 5.26 Å². The van der Waals surface area contributed by atoms with Crippen molar-refractivity contribution in [2.45, 2.75) is 0 Å². The zero-order chi connectivity index (χ0) is 10.7. The highest BCUT2D eigenvalue weighted by molar-refractivity contribution is 6.58. The molecule has 0 aliphatic rings. The molecule has 4 nitrogen and oxygen atoms in total. The minimum absolute atomic E-state index is 0.0643. The second-order valence-corrected chi connectivity index (χ2v) is 2.53. The fourth-order valence-electron chi connectivity index (χ4n) is 1.05. The summed E-state index contributed by atoms with van der Waals surface area (Å²) in [5.74, 6) is -0.906. The van der Waals surface area contributed by atoms with Gasteiger partial charge in [-0.25, -0.2) is 4.39 Å². The van der Waals surface area contributed by atoms with Gasteiger partial charge in [0.15, 0.2) is 0 Å². The standard InChI is InChI=1S/C8H7BFNO3/c1-14-7-3-2-6(9(12)13)8(10)5(7)4-11/h2-3,12-13H,1H3. The number of benzene rings is 1. The van der Waals surface area contributed by atoms with Gasteiger partial charge in [0.05, 0.1) is 7.11 Å². The fraction of sp³-hybridized carbons (Fsp3) is 0.125. The molecule has 0 radical (unpaired) electrons. The van der Waals surface area contributed by atoms with Crippen LogP contribution in [0.5, 0.6) is 5.75 Å². The molecule has 1 rings (SSSR count). The van der Waals surface area contributed by atoms with Gasteiger partial charge in [0.1, 0.15) is 23.2 Å². The molecule has 72 valence electrons. The van der Waals surface area contributed by atoms with Crippen LogP contribution < -0.4 is 10.2 Å². The zero-order valence-corrected chi connectivity index (χ0v) is 7.36. The maximum Gasteiger partial charge on any atom is 0.491 e. The van der Waals surface area contributed by atoms with Gasteiger partial charge in [-0.3, -0.25) is 0 Å². The zero-order valence-electron chi connectivity index (χ0n) is 7.36. The van der Waals surface area contributed by atoms with Gasteiger partial charge in [0.2, 0.25) is 0 Å². The van der Waals surface area contributed by atoms with E-state index in [0.29, 0.717) is 0 Å². The lowest BCUT2D eigenvalue weighted by molar-refractivity contribution is 0.407. The number of hydrogen-bond donors (Lipinski definition) is 2. The summed E-state index contributed by atoms with van der Waals surface area (Å²) >= 11 is 0. The molecule has 1 aromatic rings. The predicted octanol–water partition coefficient (Wildman–Crippen LogP) is -0.614. The normalized spacial score (nSPS) is 9.36. The molecule has 0 saturated carbocycles. The summed E-state index contributed by atoms with van der Waals surface area (Å²) in [6.07, 6.45) is 0. The van der Waals surface area contributed by atoms with Crippen LogP contribution in [0.25, 0.3) is 0 Å². The van der Waals surface area contributed by atoms with Crippen molar-refractivity contribution < 1.29 is 19.2 Å². The van der Waals surface area contributed by atoms with Gasteiger partial charge in [0.25, 0.3) is 0 Å². The molecule has 0 aliphatic carbocycles. The van der Waals surface area contributed by atoms with Crippen molar-refractivity contribution in [3.05, 3.63) is 23.5 Å². The molecule has 0 atom stereocenters. The van der Waals surface area contributed by atoms with Crippen LogP contribution in [0.15, 0.2) is 12.1 Å². The maximum absolute atomic E-state index is 13.3. The lowest BCUT2D eigenvalue weighted by Crippen LogP contribution is -2.33. The Morgan fingerprint density at radius 2 is 2.14 bits per heavy atom. The first-order valence-corrected chi connectivity index (χ1v) is 3.74. The van der Waals surface area contributed by atoms with E-state index >= 15 is 0 Å². The van der Waals surface area contributed by atoms with Crippen LogP contribution in [-0.4, -0.2) is 24.3 Å². The van der Waals surface area contributed by atoms with Gasteiger partial charge >= 0.3 is 7.12 Å². The summed E-state index contributed by atoms with van der Waals surface area (Å²) in [7, 11) is -0.641. The van der Waals surface area contributed by atoms with E-state index in [4.69, 9.17) is 20.0 Å². The highest BCUT2D eigenvalue weighted by atomic mass is 19.1. The Morgan fingerprint density at radius 1 is 1.50 bits per heavy atom. The molecule has 0 amide bonds. The molecule has 0 aliphatic heterocycles. The van der Waals surface area contributed by atoms with Crippen molar-refractivity contribution in [3.8, 4) is 11.8 Å². The van der Waals surface area contributed by atoms with E-state index in [9.17, 15) is 4.39 Å². The molecule has 0 bridgehead atoms.